The summed E-state index contributed by atoms with van der Waals surface area (Å²) in [7, 11) is 0. The number of hydrogen-bond acceptors (Lipinski definition) is 5. The van der Waals surface area contributed by atoms with Crippen LogP contribution in [0.15, 0.2) is 40.5 Å². The summed E-state index contributed by atoms with van der Waals surface area (Å²) in [5.41, 5.74) is 0.237. The first-order valence-corrected chi connectivity index (χ1v) is 7.43. The maximum absolute atomic E-state index is 12.7. The second kappa shape index (κ2) is 5.70. The van der Waals surface area contributed by atoms with Crippen molar-refractivity contribution in [2.24, 2.45) is 0 Å². The Labute approximate surface area is 128 Å². The summed E-state index contributed by atoms with van der Waals surface area (Å²) in [6.45, 7) is -0.180. The van der Waals surface area contributed by atoms with Crippen molar-refractivity contribution in [3.05, 3.63) is 51.6 Å². The molecule has 3 rings (SSSR count). The fraction of sp³-hybridized carbons (Fsp3) is 0.133. The molecule has 0 amide bonds. The van der Waals surface area contributed by atoms with E-state index < -0.39 is 11.5 Å². The summed E-state index contributed by atoms with van der Waals surface area (Å²) in [5.74, 6) is -0.737. The van der Waals surface area contributed by atoms with Crippen molar-refractivity contribution in [1.29, 1.82) is 0 Å². The number of aliphatic hydroxyl groups is 1. The van der Waals surface area contributed by atoms with Gasteiger partial charge in [-0.15, -0.1) is 11.3 Å². The van der Waals surface area contributed by atoms with Crippen LogP contribution in [0.1, 0.15) is 10.4 Å². The summed E-state index contributed by atoms with van der Waals surface area (Å²) in [6, 6.07) is 9.13. The molecule has 1 aromatic carbocycles. The minimum absolute atomic E-state index is 0.0520. The number of rotatable bonds is 4. The molecule has 3 aromatic rings. The van der Waals surface area contributed by atoms with E-state index in [0.717, 1.165) is 16.9 Å². The maximum Gasteiger partial charge on any atom is 0.337 e. The molecule has 6 nitrogen and oxygen atoms in total. The predicted octanol–water partition coefficient (Wildman–Crippen LogP) is 1.82. The lowest BCUT2D eigenvalue weighted by Gasteiger charge is -2.11. The molecule has 0 spiro atoms. The van der Waals surface area contributed by atoms with E-state index in [9.17, 15) is 19.8 Å². The van der Waals surface area contributed by atoms with Crippen molar-refractivity contribution in [3.63, 3.8) is 0 Å². The molecule has 0 aliphatic heterocycles. The van der Waals surface area contributed by atoms with E-state index in [4.69, 9.17) is 0 Å². The highest BCUT2D eigenvalue weighted by Gasteiger charge is 2.19. The van der Waals surface area contributed by atoms with Crippen LogP contribution in [0.4, 0.5) is 0 Å². The predicted molar refractivity (Wildman–Crippen MR) is 83.4 cm³/mol. The normalized spacial score (nSPS) is 11.0. The number of nitrogens with zero attached hydrogens (tertiary/aromatic N) is 2. The molecule has 22 heavy (non-hydrogen) atoms. The Morgan fingerprint density at radius 2 is 2.00 bits per heavy atom. The quantitative estimate of drug-likeness (QED) is 0.766. The van der Waals surface area contributed by atoms with Gasteiger partial charge in [-0.25, -0.2) is 9.78 Å². The van der Waals surface area contributed by atoms with E-state index in [1.54, 1.807) is 0 Å². The number of aromatic carboxylic acids is 1. The minimum atomic E-state index is -1.16. The molecule has 0 radical (unpaired) electrons. The van der Waals surface area contributed by atoms with Crippen molar-refractivity contribution in [2.45, 2.75) is 6.54 Å². The summed E-state index contributed by atoms with van der Waals surface area (Å²) in [4.78, 5) is 28.7. The molecule has 2 aromatic heterocycles. The van der Waals surface area contributed by atoms with Gasteiger partial charge in [-0.1, -0.05) is 30.3 Å². The molecule has 2 heterocycles. The van der Waals surface area contributed by atoms with Crippen LogP contribution in [0.2, 0.25) is 0 Å². The van der Waals surface area contributed by atoms with Crippen LogP contribution in [-0.2, 0) is 6.54 Å². The maximum atomic E-state index is 12.7. The van der Waals surface area contributed by atoms with Crippen molar-refractivity contribution < 1.29 is 15.0 Å². The average molecular weight is 316 g/mol. The SMILES string of the molecule is O=C(O)c1csc2nc(-c3ccccc3)n(CCO)c(=O)c12. The summed E-state index contributed by atoms with van der Waals surface area (Å²) >= 11 is 1.12. The second-order valence-corrected chi connectivity index (χ2v) is 5.47. The van der Waals surface area contributed by atoms with Crippen LogP contribution in [-0.4, -0.2) is 32.3 Å². The highest BCUT2D eigenvalue weighted by Crippen LogP contribution is 2.25. The zero-order valence-corrected chi connectivity index (χ0v) is 12.2. The zero-order valence-electron chi connectivity index (χ0n) is 11.4. The van der Waals surface area contributed by atoms with E-state index in [0.29, 0.717) is 10.7 Å². The highest BCUT2D eigenvalue weighted by molar-refractivity contribution is 7.17. The van der Waals surface area contributed by atoms with Gasteiger partial charge in [0.05, 0.1) is 24.1 Å². The number of fused-ring (bicyclic) bond motifs is 1. The van der Waals surface area contributed by atoms with E-state index >= 15 is 0 Å². The number of aromatic nitrogens is 2. The van der Waals surface area contributed by atoms with E-state index in [-0.39, 0.29) is 24.1 Å². The third-order valence-electron chi connectivity index (χ3n) is 3.28. The lowest BCUT2D eigenvalue weighted by atomic mass is 10.2. The summed E-state index contributed by atoms with van der Waals surface area (Å²) in [5, 5.41) is 19.9. The molecular formula is C15H12N2O4S. The van der Waals surface area contributed by atoms with Gasteiger partial charge in [-0.05, 0) is 0 Å². The molecule has 0 saturated carbocycles. The molecule has 0 aliphatic rings. The lowest BCUT2D eigenvalue weighted by Crippen LogP contribution is -2.25. The largest absolute Gasteiger partial charge is 0.478 e. The number of carbonyl (C=O) groups is 1. The standard InChI is InChI=1S/C15H12N2O4S/c18-7-6-17-12(9-4-2-1-3-5-9)16-13-11(14(17)19)10(8-22-13)15(20)21/h1-5,8,18H,6-7H2,(H,20,21). The fourth-order valence-corrected chi connectivity index (χ4v) is 3.20. The van der Waals surface area contributed by atoms with Gasteiger partial charge in [-0.3, -0.25) is 9.36 Å². The van der Waals surface area contributed by atoms with Crippen LogP contribution >= 0.6 is 11.3 Å². The molecule has 0 atom stereocenters. The van der Waals surface area contributed by atoms with Crippen LogP contribution in [0.5, 0.6) is 0 Å². The third-order valence-corrected chi connectivity index (χ3v) is 4.15. The number of hydrogen-bond donors (Lipinski definition) is 2. The van der Waals surface area contributed by atoms with E-state index in [1.165, 1.54) is 9.95 Å². The molecule has 0 aliphatic carbocycles. The summed E-state index contributed by atoms with van der Waals surface area (Å²) < 4.78 is 1.32. The molecule has 7 heteroatoms. The fourth-order valence-electron chi connectivity index (χ4n) is 2.30. The Morgan fingerprint density at radius 1 is 1.27 bits per heavy atom. The van der Waals surface area contributed by atoms with Crippen molar-refractivity contribution >= 4 is 27.5 Å². The Bertz CT molecular complexity index is 899. The summed E-state index contributed by atoms with van der Waals surface area (Å²) in [6.07, 6.45) is 0. The van der Waals surface area contributed by atoms with Crippen molar-refractivity contribution in [2.75, 3.05) is 6.61 Å². The Morgan fingerprint density at radius 3 is 2.64 bits per heavy atom. The van der Waals surface area contributed by atoms with Gasteiger partial charge in [-0.2, -0.15) is 0 Å². The van der Waals surface area contributed by atoms with E-state index in [1.807, 2.05) is 30.3 Å². The minimum Gasteiger partial charge on any atom is -0.478 e. The molecule has 112 valence electrons. The number of benzene rings is 1. The number of thiophene rings is 1. The average Bonchev–Trinajstić information content (AvgIpc) is 2.95. The Hall–Kier alpha value is -2.51. The first-order valence-electron chi connectivity index (χ1n) is 6.55. The highest BCUT2D eigenvalue weighted by atomic mass is 32.1. The zero-order chi connectivity index (χ0) is 15.7. The van der Waals surface area contributed by atoms with Crippen molar-refractivity contribution in [1.82, 2.24) is 9.55 Å². The van der Waals surface area contributed by atoms with Gasteiger partial charge in [0.25, 0.3) is 5.56 Å². The molecule has 2 N–H and O–H groups in total. The molecule has 0 fully saturated rings. The number of aliphatic hydroxyl groups excluding tert-OH is 1. The smallest absolute Gasteiger partial charge is 0.337 e. The second-order valence-electron chi connectivity index (χ2n) is 4.62. The lowest BCUT2D eigenvalue weighted by molar-refractivity contribution is 0.0699. The molecule has 0 unspecified atom stereocenters. The van der Waals surface area contributed by atoms with Gasteiger partial charge in [0.2, 0.25) is 0 Å². The first kappa shape index (κ1) is 14.4. The van der Waals surface area contributed by atoms with Gasteiger partial charge >= 0.3 is 5.97 Å². The van der Waals surface area contributed by atoms with Crippen LogP contribution < -0.4 is 5.56 Å². The molecule has 0 bridgehead atoms. The number of carboxylic acid groups (broad SMARTS) is 1. The monoisotopic (exact) mass is 316 g/mol. The first-order chi connectivity index (χ1) is 10.6. The van der Waals surface area contributed by atoms with Gasteiger partial charge in [0, 0.05) is 10.9 Å². The van der Waals surface area contributed by atoms with Gasteiger partial charge < -0.3 is 10.2 Å². The van der Waals surface area contributed by atoms with Crippen LogP contribution in [0, 0.1) is 0 Å². The van der Waals surface area contributed by atoms with Gasteiger partial charge in [0.15, 0.2) is 0 Å². The number of carboxylic acids is 1. The van der Waals surface area contributed by atoms with Crippen LogP contribution in [0.3, 0.4) is 0 Å². The Balaban J connectivity index is 2.36. The van der Waals surface area contributed by atoms with E-state index in [2.05, 4.69) is 4.98 Å². The molecule has 0 saturated heterocycles. The Kier molecular flexibility index (Phi) is 3.74. The molecular weight excluding hydrogens is 304 g/mol. The third kappa shape index (κ3) is 2.30. The van der Waals surface area contributed by atoms with Crippen molar-refractivity contribution in [3.8, 4) is 11.4 Å². The topological polar surface area (TPSA) is 92.4 Å². The van der Waals surface area contributed by atoms with Crippen LogP contribution in [0.25, 0.3) is 21.6 Å². The van der Waals surface area contributed by atoms with Gasteiger partial charge in [0.1, 0.15) is 10.7 Å².